The molecule has 2 unspecified atom stereocenters. The predicted octanol–water partition coefficient (Wildman–Crippen LogP) is 8.73. The fourth-order valence-electron chi connectivity index (χ4n) is 6.16. The Bertz CT molecular complexity index is 2120. The van der Waals surface area contributed by atoms with Crippen molar-refractivity contribution in [1.82, 2.24) is 5.32 Å². The monoisotopic (exact) mass is 717 g/mol. The predicted molar refractivity (Wildman–Crippen MR) is 206 cm³/mol. The minimum Gasteiger partial charge on any atom is -0.465 e. The first-order chi connectivity index (χ1) is 24.7. The van der Waals surface area contributed by atoms with Crippen LogP contribution in [0.2, 0.25) is 0 Å². The number of rotatable bonds is 11. The number of hydrogen-bond acceptors (Lipinski definition) is 7. The summed E-state index contributed by atoms with van der Waals surface area (Å²) in [5.41, 5.74) is 3.24. The number of hydrogen-bond donors (Lipinski definition) is 3. The lowest BCUT2D eigenvalue weighted by molar-refractivity contribution is -0.116. The summed E-state index contributed by atoms with van der Waals surface area (Å²) in [6.45, 7) is 4.13. The van der Waals surface area contributed by atoms with Gasteiger partial charge in [-0.3, -0.25) is 14.4 Å². The van der Waals surface area contributed by atoms with Crippen molar-refractivity contribution in [3.63, 3.8) is 0 Å². The summed E-state index contributed by atoms with van der Waals surface area (Å²) in [5.74, 6) is -1.03. The lowest BCUT2D eigenvalue weighted by Gasteiger charge is -2.18. The molecule has 0 bridgehead atoms. The summed E-state index contributed by atoms with van der Waals surface area (Å²) < 4.78 is 5.10. The smallest absolute Gasteiger partial charge is 0.341 e. The van der Waals surface area contributed by atoms with Crippen LogP contribution < -0.4 is 16.0 Å². The third-order valence-electron chi connectivity index (χ3n) is 8.82. The van der Waals surface area contributed by atoms with Crippen LogP contribution in [0, 0.1) is 5.92 Å². The highest BCUT2D eigenvalue weighted by atomic mass is 32.2. The second kappa shape index (κ2) is 16.2. The molecule has 0 aliphatic heterocycles. The van der Waals surface area contributed by atoms with Crippen LogP contribution in [0.25, 0.3) is 16.8 Å². The number of carbonyl (C=O) groups excluding carboxylic acids is 4. The zero-order chi connectivity index (χ0) is 35.9. The molecule has 2 atom stereocenters. The molecule has 3 N–H and O–H groups in total. The van der Waals surface area contributed by atoms with Crippen molar-refractivity contribution in [2.45, 2.75) is 49.7 Å². The number of methoxy groups -OCH3 is 1. The van der Waals surface area contributed by atoms with E-state index in [1.807, 2.05) is 67.6 Å². The van der Waals surface area contributed by atoms with Gasteiger partial charge in [0.25, 0.3) is 11.8 Å². The molecule has 260 valence electrons. The number of ether oxygens (including phenoxy) is 1. The first kappa shape index (κ1) is 35.6. The van der Waals surface area contributed by atoms with Crippen molar-refractivity contribution in [2.24, 2.45) is 5.92 Å². The third-order valence-corrected chi connectivity index (χ3v) is 11.4. The van der Waals surface area contributed by atoms with Crippen molar-refractivity contribution in [1.29, 1.82) is 0 Å². The van der Waals surface area contributed by atoms with Gasteiger partial charge in [-0.1, -0.05) is 80.6 Å². The summed E-state index contributed by atoms with van der Waals surface area (Å²) in [6, 6.07) is 29.6. The number of amides is 3. The van der Waals surface area contributed by atoms with Crippen LogP contribution in [0.4, 0.5) is 10.7 Å². The van der Waals surface area contributed by atoms with Crippen molar-refractivity contribution in [2.75, 3.05) is 17.7 Å². The number of benzene rings is 4. The van der Waals surface area contributed by atoms with Crippen LogP contribution in [0.15, 0.2) is 108 Å². The molecule has 51 heavy (non-hydrogen) atoms. The average Bonchev–Trinajstić information content (AvgIpc) is 3.50. The van der Waals surface area contributed by atoms with E-state index < -0.39 is 23.0 Å². The zero-order valence-electron chi connectivity index (χ0n) is 28.7. The van der Waals surface area contributed by atoms with E-state index in [1.54, 1.807) is 42.5 Å². The average molecular weight is 718 g/mol. The fourth-order valence-corrected chi connectivity index (χ4v) is 8.57. The van der Waals surface area contributed by atoms with Gasteiger partial charge in [0.05, 0.1) is 17.9 Å². The lowest BCUT2D eigenvalue weighted by Crippen LogP contribution is -2.30. The van der Waals surface area contributed by atoms with Gasteiger partial charge in [-0.25, -0.2) is 4.79 Å². The Morgan fingerprint density at radius 1 is 0.941 bits per heavy atom. The number of carbonyl (C=O) groups is 4. The van der Waals surface area contributed by atoms with Crippen LogP contribution in [-0.2, 0) is 27.2 Å². The van der Waals surface area contributed by atoms with Crippen molar-refractivity contribution < 1.29 is 23.9 Å². The fraction of sp³-hybridized carbons (Fsp3) is 0.220. The number of esters is 1. The molecular formula is C41H39N3O5S2. The van der Waals surface area contributed by atoms with E-state index in [1.165, 1.54) is 30.2 Å². The molecule has 1 aliphatic rings. The molecule has 0 saturated heterocycles. The van der Waals surface area contributed by atoms with Gasteiger partial charge in [0, 0.05) is 21.0 Å². The van der Waals surface area contributed by atoms with Crippen LogP contribution in [0.5, 0.6) is 0 Å². The standard InChI is InChI=1S/C41H39N3O5S2/c1-4-34(39(47)44-40-36(41(48)49-3)32-21-20-25(2)22-35(32)51-40)50-30-18-11-17-29(24-30)42-38(46)33(43-37(45)27-13-6-5-7-14-27)23-28-16-10-15-26-12-8-9-19-31(26)28/h5-19,23-25,34H,4,20-22H2,1-3H3,(H,42,46)(H,43,45)(H,44,47)/b33-23+. The maximum Gasteiger partial charge on any atom is 0.341 e. The highest BCUT2D eigenvalue weighted by Crippen LogP contribution is 2.40. The molecule has 0 saturated carbocycles. The minimum atomic E-state index is -0.495. The SMILES string of the molecule is CCC(Sc1cccc(NC(=O)/C(=C\c2cccc3ccccc23)NC(=O)c2ccccc2)c1)C(=O)Nc1sc2c(c1C(=O)OC)CCC(C)C2. The van der Waals surface area contributed by atoms with E-state index in [-0.39, 0.29) is 11.6 Å². The number of thioether (sulfide) groups is 1. The molecule has 1 heterocycles. The van der Waals surface area contributed by atoms with Gasteiger partial charge in [0.1, 0.15) is 10.7 Å². The number of fused-ring (bicyclic) bond motifs is 2. The second-order valence-electron chi connectivity index (χ2n) is 12.5. The lowest BCUT2D eigenvalue weighted by atomic mass is 9.88. The minimum absolute atomic E-state index is 0.0820. The molecule has 10 heteroatoms. The van der Waals surface area contributed by atoms with Gasteiger partial charge >= 0.3 is 5.97 Å². The maximum absolute atomic E-state index is 13.8. The topological polar surface area (TPSA) is 114 Å². The van der Waals surface area contributed by atoms with E-state index in [0.29, 0.717) is 34.2 Å². The molecule has 1 aliphatic carbocycles. The molecular weight excluding hydrogens is 679 g/mol. The highest BCUT2D eigenvalue weighted by Gasteiger charge is 2.30. The zero-order valence-corrected chi connectivity index (χ0v) is 30.3. The van der Waals surface area contributed by atoms with Gasteiger partial charge in [-0.15, -0.1) is 23.1 Å². The van der Waals surface area contributed by atoms with Gasteiger partial charge in [0.15, 0.2) is 0 Å². The van der Waals surface area contributed by atoms with Gasteiger partial charge in [-0.2, -0.15) is 0 Å². The summed E-state index contributed by atoms with van der Waals surface area (Å²) in [4.78, 5) is 55.4. The Hall–Kier alpha value is -5.19. The molecule has 0 fully saturated rings. The summed E-state index contributed by atoms with van der Waals surface area (Å²) in [5, 5.41) is 10.8. The van der Waals surface area contributed by atoms with Gasteiger partial charge in [0.2, 0.25) is 5.91 Å². The molecule has 3 amide bonds. The Morgan fingerprint density at radius 3 is 2.47 bits per heavy atom. The van der Waals surface area contributed by atoms with E-state index in [9.17, 15) is 19.2 Å². The summed E-state index contributed by atoms with van der Waals surface area (Å²) in [6.07, 6.45) is 4.86. The first-order valence-electron chi connectivity index (χ1n) is 16.9. The van der Waals surface area contributed by atoms with Gasteiger partial charge in [-0.05, 0) is 89.9 Å². The van der Waals surface area contributed by atoms with Crippen molar-refractivity contribution in [3.8, 4) is 0 Å². The number of thiophene rings is 1. The summed E-state index contributed by atoms with van der Waals surface area (Å²) >= 11 is 2.84. The van der Waals surface area contributed by atoms with E-state index >= 15 is 0 Å². The van der Waals surface area contributed by atoms with Gasteiger partial charge < -0.3 is 20.7 Å². The van der Waals surface area contributed by atoms with E-state index in [4.69, 9.17) is 4.74 Å². The van der Waals surface area contributed by atoms with Crippen molar-refractivity contribution in [3.05, 3.63) is 130 Å². The number of anilines is 2. The quantitative estimate of drug-likeness (QED) is 0.0716. The highest BCUT2D eigenvalue weighted by molar-refractivity contribution is 8.00. The maximum atomic E-state index is 13.8. The number of nitrogens with one attached hydrogen (secondary N) is 3. The Morgan fingerprint density at radius 2 is 1.69 bits per heavy atom. The third kappa shape index (κ3) is 8.41. The Labute approximate surface area is 305 Å². The van der Waals surface area contributed by atoms with E-state index in [2.05, 4.69) is 22.9 Å². The molecule has 0 radical (unpaired) electrons. The van der Waals surface area contributed by atoms with E-state index in [0.717, 1.165) is 50.9 Å². The summed E-state index contributed by atoms with van der Waals surface area (Å²) in [7, 11) is 1.36. The van der Waals surface area contributed by atoms with Crippen LogP contribution in [-0.4, -0.2) is 36.1 Å². The molecule has 4 aromatic carbocycles. The first-order valence-corrected chi connectivity index (χ1v) is 18.6. The van der Waals surface area contributed by atoms with Crippen molar-refractivity contribution >= 4 is 74.3 Å². The van der Waals surface area contributed by atoms with Crippen LogP contribution in [0.1, 0.15) is 63.4 Å². The molecule has 0 spiro atoms. The molecule has 6 rings (SSSR count). The normalized spacial score (nSPS) is 14.6. The molecule has 8 nitrogen and oxygen atoms in total. The van der Waals surface area contributed by atoms with Crippen LogP contribution in [0.3, 0.4) is 0 Å². The molecule has 1 aromatic heterocycles. The Kier molecular flexibility index (Phi) is 11.3. The largest absolute Gasteiger partial charge is 0.465 e. The molecule has 5 aromatic rings. The van der Waals surface area contributed by atoms with Crippen LogP contribution >= 0.6 is 23.1 Å². The Balaban J connectivity index is 1.21. The second-order valence-corrected chi connectivity index (χ2v) is 14.9.